The molecule has 0 aromatic carbocycles. The molecule has 100 valence electrons. The van der Waals surface area contributed by atoms with E-state index in [0.29, 0.717) is 0 Å². The van der Waals surface area contributed by atoms with Crippen molar-refractivity contribution in [2.75, 3.05) is 11.5 Å². The maximum atomic E-state index is 10.5. The van der Waals surface area contributed by atoms with Crippen LogP contribution in [0.4, 0.5) is 0 Å². The number of hydrogen-bond donors (Lipinski definition) is 1. The van der Waals surface area contributed by atoms with Crippen LogP contribution >= 0.6 is 21.0 Å². The van der Waals surface area contributed by atoms with Gasteiger partial charge in [0.2, 0.25) is 0 Å². The van der Waals surface area contributed by atoms with Gasteiger partial charge < -0.3 is 5.11 Å². The summed E-state index contributed by atoms with van der Waals surface area (Å²) in [6, 6.07) is 0. The van der Waals surface area contributed by atoms with Crippen LogP contribution in [-0.4, -0.2) is 39.3 Å². The fourth-order valence-electron chi connectivity index (χ4n) is 2.60. The van der Waals surface area contributed by atoms with Crippen molar-refractivity contribution in [3.05, 3.63) is 17.0 Å². The fourth-order valence-corrected chi connectivity index (χ4v) is 3.50. The molecule has 3 nitrogen and oxygen atoms in total. The Kier molecular flexibility index (Phi) is 4.46. The highest BCUT2D eigenvalue weighted by Gasteiger charge is 2.38. The summed E-state index contributed by atoms with van der Waals surface area (Å²) in [5.74, 6) is 2.24. The monoisotopic (exact) mass is 284 g/mol. The number of hydrogen-bond acceptors (Lipinski definition) is 3. The molecule has 2 rings (SSSR count). The molecule has 0 fully saturated rings. The van der Waals surface area contributed by atoms with Gasteiger partial charge >= 0.3 is 0 Å². The number of aryl methyl sites for hydroxylation is 2. The van der Waals surface area contributed by atoms with E-state index in [-0.39, 0.29) is 5.06 Å². The Balaban J connectivity index is 2.25. The smallest absolute Gasteiger partial charge is 0.118 e. The number of thioether (sulfide) groups is 1. The summed E-state index contributed by atoms with van der Waals surface area (Å²) in [6.45, 7) is 5.14. The molecule has 18 heavy (non-hydrogen) atoms. The van der Waals surface area contributed by atoms with E-state index in [1.165, 1.54) is 5.69 Å². The average Bonchev–Trinajstić information content (AvgIpc) is 2.62. The van der Waals surface area contributed by atoms with Crippen molar-refractivity contribution >= 4 is 28.8 Å². The molecule has 0 amide bonds. The van der Waals surface area contributed by atoms with Crippen molar-refractivity contribution in [1.29, 1.82) is 0 Å². The molecule has 0 bridgehead atoms. The summed E-state index contributed by atoms with van der Waals surface area (Å²) in [4.78, 5) is 0. The Labute approximate surface area is 117 Å². The van der Waals surface area contributed by atoms with Crippen LogP contribution in [-0.2, 0) is 13.0 Å². The van der Waals surface area contributed by atoms with Crippen LogP contribution in [0.1, 0.15) is 36.4 Å². The van der Waals surface area contributed by atoms with Crippen LogP contribution in [0.5, 0.6) is 0 Å². The maximum absolute atomic E-state index is 10.5. The quantitative estimate of drug-likeness (QED) is 0.512. The van der Waals surface area contributed by atoms with Crippen molar-refractivity contribution in [2.24, 2.45) is 0 Å². The van der Waals surface area contributed by atoms with Gasteiger partial charge in [-0.25, -0.2) is 0 Å². The molecular weight excluding hydrogens is 262 g/mol. The van der Waals surface area contributed by atoms with Gasteiger partial charge in [-0.2, -0.15) is 16.9 Å². The Morgan fingerprint density at radius 3 is 3.06 bits per heavy atom. The first-order valence-corrected chi connectivity index (χ1v) is 8.31. The molecule has 1 heterocycles. The van der Waals surface area contributed by atoms with E-state index < -0.39 is 6.10 Å². The van der Waals surface area contributed by atoms with Crippen molar-refractivity contribution in [2.45, 2.75) is 44.4 Å². The topological polar surface area (TPSA) is 38.0 Å². The van der Waals surface area contributed by atoms with E-state index in [9.17, 15) is 5.11 Å². The molecule has 1 aromatic heterocycles. The van der Waals surface area contributed by atoms with E-state index in [2.05, 4.69) is 33.8 Å². The Morgan fingerprint density at radius 2 is 2.39 bits per heavy atom. The van der Waals surface area contributed by atoms with Crippen LogP contribution in [0.3, 0.4) is 0 Å². The second-order valence-corrected chi connectivity index (χ2v) is 7.99. The summed E-state index contributed by atoms with van der Waals surface area (Å²) < 4.78 is 2.11. The van der Waals surface area contributed by atoms with E-state index in [1.54, 1.807) is 0 Å². The predicted octanol–water partition coefficient (Wildman–Crippen LogP) is 1.13. The van der Waals surface area contributed by atoms with Crippen molar-refractivity contribution < 1.29 is 5.11 Å². The van der Waals surface area contributed by atoms with Gasteiger partial charge in [0.05, 0.1) is 18.3 Å². The molecule has 1 aromatic rings. The number of aliphatic hydroxyl groups is 1. The van der Waals surface area contributed by atoms with Crippen LogP contribution in [0, 0.1) is 6.92 Å². The number of aliphatic hydroxyl groups excluding tert-OH is 1. The Bertz CT molecular complexity index is 436. The van der Waals surface area contributed by atoms with Crippen molar-refractivity contribution in [3.63, 3.8) is 0 Å². The lowest BCUT2D eigenvalue weighted by atomic mass is 9.71. The number of fused-ring (bicyclic) bond motifs is 1. The summed E-state index contributed by atoms with van der Waals surface area (Å²) in [6.07, 6.45) is 1.61. The summed E-state index contributed by atoms with van der Waals surface area (Å²) in [5, 5.41) is 15.0. The third-order valence-corrected chi connectivity index (χ3v) is 5.22. The predicted molar refractivity (Wildman–Crippen MR) is 84.2 cm³/mol. The van der Waals surface area contributed by atoms with Gasteiger partial charge in [-0.1, -0.05) is 6.92 Å². The third kappa shape index (κ3) is 2.64. The van der Waals surface area contributed by atoms with Gasteiger partial charge in [0, 0.05) is 17.0 Å². The van der Waals surface area contributed by atoms with Crippen molar-refractivity contribution in [1.82, 2.24) is 9.78 Å². The zero-order valence-corrected chi connectivity index (χ0v) is 13.4. The molecule has 0 saturated heterocycles. The zero-order chi connectivity index (χ0) is 13.3. The van der Waals surface area contributed by atoms with Crippen LogP contribution in [0.15, 0.2) is 0 Å². The number of nitrogens with zero attached hydrogens (tertiary/aromatic N) is 2. The molecular formula is C12H22BN2OPS. The fraction of sp³-hybridized carbons (Fsp3) is 0.750. The molecule has 0 aliphatic heterocycles. The highest BCUT2D eigenvalue weighted by atomic mass is 32.2. The minimum absolute atomic E-state index is 0.107. The second-order valence-electron chi connectivity index (χ2n) is 5.27. The lowest BCUT2D eigenvalue weighted by Crippen LogP contribution is -2.35. The lowest BCUT2D eigenvalue weighted by Gasteiger charge is -2.35. The van der Waals surface area contributed by atoms with Gasteiger partial charge in [-0.3, -0.25) is 4.68 Å². The summed E-state index contributed by atoms with van der Waals surface area (Å²) >= 11 is 1.94. The van der Waals surface area contributed by atoms with E-state index >= 15 is 0 Å². The first-order chi connectivity index (χ1) is 8.47. The van der Waals surface area contributed by atoms with Gasteiger partial charge in [-0.15, -0.1) is 9.24 Å². The lowest BCUT2D eigenvalue weighted by molar-refractivity contribution is 0.146. The molecule has 0 radical (unpaired) electrons. The summed E-state index contributed by atoms with van der Waals surface area (Å²) in [5.41, 5.74) is 3.31. The first kappa shape index (κ1) is 14.4. The largest absolute Gasteiger partial charge is 0.388 e. The second kappa shape index (κ2) is 5.56. The molecule has 3 unspecified atom stereocenters. The molecule has 1 aliphatic rings. The van der Waals surface area contributed by atoms with Gasteiger partial charge in [0.15, 0.2) is 0 Å². The highest BCUT2D eigenvalue weighted by molar-refractivity contribution is 7.99. The highest BCUT2D eigenvalue weighted by Crippen LogP contribution is 2.42. The molecule has 0 spiro atoms. The third-order valence-electron chi connectivity index (χ3n) is 3.73. The van der Waals surface area contributed by atoms with Crippen LogP contribution in [0.2, 0.25) is 0 Å². The molecule has 3 atom stereocenters. The first-order valence-electron chi connectivity index (χ1n) is 6.58. The molecule has 1 N–H and O–H groups in total. The number of rotatable bonds is 4. The zero-order valence-electron chi connectivity index (χ0n) is 11.4. The number of aromatic nitrogens is 2. The van der Waals surface area contributed by atoms with Crippen LogP contribution in [0.25, 0.3) is 0 Å². The molecule has 1 aliphatic carbocycles. The van der Waals surface area contributed by atoms with Gasteiger partial charge in [0.25, 0.3) is 0 Å². The summed E-state index contributed by atoms with van der Waals surface area (Å²) in [7, 11) is 4.92. The maximum Gasteiger partial charge on any atom is 0.118 e. The van der Waals surface area contributed by atoms with Crippen LogP contribution < -0.4 is 0 Å². The van der Waals surface area contributed by atoms with E-state index in [1.807, 2.05) is 18.7 Å². The SMILES string of the molecule is BC1(P)CCc2c(c(C)nn2CCSCC)C1O. The average molecular weight is 284 g/mol. The van der Waals surface area contributed by atoms with E-state index in [0.717, 1.165) is 42.1 Å². The normalized spacial score (nSPS) is 27.2. The van der Waals surface area contributed by atoms with Gasteiger partial charge in [0.1, 0.15) is 7.85 Å². The standard InChI is InChI=1S/C12H22BN2OPS/c1-3-18-7-6-15-9-4-5-12(13,17)11(16)10(9)8(2)14-15/h11,16H,3-7,13,17H2,1-2H3. The van der Waals surface area contributed by atoms with Gasteiger partial charge in [-0.05, 0) is 30.6 Å². The Hall–Kier alpha value is 0.0149. The Morgan fingerprint density at radius 1 is 1.67 bits per heavy atom. The van der Waals surface area contributed by atoms with E-state index in [4.69, 9.17) is 0 Å². The minimum Gasteiger partial charge on any atom is -0.388 e. The minimum atomic E-state index is -0.404. The van der Waals surface area contributed by atoms with Crippen molar-refractivity contribution in [3.8, 4) is 0 Å². The molecule has 0 saturated carbocycles. The molecule has 6 heteroatoms.